The summed E-state index contributed by atoms with van der Waals surface area (Å²) in [6.07, 6.45) is 2.46. The molecule has 1 N–H and O–H groups in total. The Morgan fingerprint density at radius 1 is 1.06 bits per heavy atom. The van der Waals surface area contributed by atoms with Gasteiger partial charge in [-0.3, -0.25) is 19.3 Å². The average molecular weight is 448 g/mol. The molecular weight excluding hydrogens is 425 g/mol. The average Bonchev–Trinajstić information content (AvgIpc) is 3.44. The highest BCUT2D eigenvalue weighted by molar-refractivity contribution is 6.08. The van der Waals surface area contributed by atoms with Gasteiger partial charge in [-0.1, -0.05) is 12.2 Å². The molecule has 5 rings (SSSR count). The van der Waals surface area contributed by atoms with Crippen molar-refractivity contribution in [1.82, 2.24) is 15.2 Å². The van der Waals surface area contributed by atoms with Gasteiger partial charge in [-0.25, -0.2) is 4.98 Å². The van der Waals surface area contributed by atoms with Gasteiger partial charge in [0.15, 0.2) is 0 Å². The van der Waals surface area contributed by atoms with Crippen molar-refractivity contribution in [1.29, 1.82) is 0 Å². The second-order valence-electron chi connectivity index (χ2n) is 8.99. The summed E-state index contributed by atoms with van der Waals surface area (Å²) in [5.74, 6) is -0.792. The number of halogens is 3. The molecule has 3 heterocycles. The number of imide groups is 1. The zero-order valence-corrected chi connectivity index (χ0v) is 17.2. The van der Waals surface area contributed by atoms with E-state index in [0.29, 0.717) is 31.7 Å². The molecule has 3 amide bonds. The number of anilines is 1. The molecule has 2 aliphatic carbocycles. The SMILES string of the molecule is O=C(CN1C(=O)[C@@H]2[C@H](C1=O)[C@H]1C=C[C@H]2C1)NC1CCN(c2ccc(C(F)(F)F)cn2)CC1. The minimum atomic E-state index is -4.42. The van der Waals surface area contributed by atoms with Crippen LogP contribution in [0.1, 0.15) is 24.8 Å². The van der Waals surface area contributed by atoms with Crippen LogP contribution in [-0.2, 0) is 20.6 Å². The van der Waals surface area contributed by atoms with Crippen LogP contribution in [0.3, 0.4) is 0 Å². The van der Waals surface area contributed by atoms with Gasteiger partial charge in [0, 0.05) is 25.3 Å². The van der Waals surface area contributed by atoms with E-state index in [2.05, 4.69) is 10.3 Å². The van der Waals surface area contributed by atoms with Gasteiger partial charge in [-0.05, 0) is 43.2 Å². The van der Waals surface area contributed by atoms with E-state index in [1.807, 2.05) is 17.1 Å². The molecule has 170 valence electrons. The summed E-state index contributed by atoms with van der Waals surface area (Å²) in [7, 11) is 0. The lowest BCUT2D eigenvalue weighted by Gasteiger charge is -2.33. The number of alkyl halides is 3. The van der Waals surface area contributed by atoms with Crippen LogP contribution in [0.15, 0.2) is 30.5 Å². The maximum absolute atomic E-state index is 12.7. The zero-order chi connectivity index (χ0) is 22.6. The lowest BCUT2D eigenvalue weighted by Crippen LogP contribution is -2.48. The maximum Gasteiger partial charge on any atom is 0.417 e. The number of nitrogens with one attached hydrogen (secondary N) is 1. The van der Waals surface area contributed by atoms with Gasteiger partial charge in [-0.2, -0.15) is 13.2 Å². The molecule has 10 heteroatoms. The Morgan fingerprint density at radius 3 is 2.22 bits per heavy atom. The van der Waals surface area contributed by atoms with E-state index in [9.17, 15) is 27.6 Å². The second kappa shape index (κ2) is 7.60. The Morgan fingerprint density at radius 2 is 1.69 bits per heavy atom. The van der Waals surface area contributed by atoms with Gasteiger partial charge in [0.25, 0.3) is 0 Å². The summed E-state index contributed by atoms with van der Waals surface area (Å²) in [4.78, 5) is 44.9. The number of hydrogen-bond acceptors (Lipinski definition) is 5. The number of rotatable bonds is 4. The van der Waals surface area contributed by atoms with Crippen molar-refractivity contribution >= 4 is 23.5 Å². The highest BCUT2D eigenvalue weighted by Crippen LogP contribution is 2.52. The van der Waals surface area contributed by atoms with Gasteiger partial charge in [-0.15, -0.1) is 0 Å². The molecule has 4 aliphatic rings. The van der Waals surface area contributed by atoms with E-state index < -0.39 is 11.7 Å². The van der Waals surface area contributed by atoms with Crippen molar-refractivity contribution in [2.24, 2.45) is 23.7 Å². The van der Waals surface area contributed by atoms with Crippen molar-refractivity contribution in [2.45, 2.75) is 31.5 Å². The number of pyridine rings is 1. The summed E-state index contributed by atoms with van der Waals surface area (Å²) >= 11 is 0. The summed E-state index contributed by atoms with van der Waals surface area (Å²) in [5.41, 5.74) is -0.790. The van der Waals surface area contributed by atoms with E-state index in [-0.39, 0.29) is 54.0 Å². The van der Waals surface area contributed by atoms with Gasteiger partial charge >= 0.3 is 6.18 Å². The zero-order valence-electron chi connectivity index (χ0n) is 17.2. The smallest absolute Gasteiger partial charge is 0.356 e. The quantitative estimate of drug-likeness (QED) is 0.563. The summed E-state index contributed by atoms with van der Waals surface area (Å²) < 4.78 is 38.1. The monoisotopic (exact) mass is 448 g/mol. The Hall–Kier alpha value is -2.91. The molecule has 2 saturated heterocycles. The lowest BCUT2D eigenvalue weighted by molar-refractivity contribution is -0.144. The first-order valence-electron chi connectivity index (χ1n) is 10.8. The molecule has 1 saturated carbocycles. The number of amides is 3. The Balaban J connectivity index is 1.12. The number of piperidine rings is 1. The van der Waals surface area contributed by atoms with E-state index in [0.717, 1.165) is 23.6 Å². The topological polar surface area (TPSA) is 82.6 Å². The number of allylic oxidation sites excluding steroid dienone is 2. The van der Waals surface area contributed by atoms with Crippen LogP contribution in [0, 0.1) is 23.7 Å². The third kappa shape index (κ3) is 3.55. The molecule has 1 aromatic rings. The number of nitrogens with zero attached hydrogens (tertiary/aromatic N) is 3. The fourth-order valence-electron chi connectivity index (χ4n) is 5.53. The number of hydrogen-bond donors (Lipinski definition) is 1. The number of aromatic nitrogens is 1. The number of fused-ring (bicyclic) bond motifs is 5. The fourth-order valence-corrected chi connectivity index (χ4v) is 5.53. The molecule has 2 aliphatic heterocycles. The Kier molecular flexibility index (Phi) is 4.98. The fraction of sp³-hybridized carbons (Fsp3) is 0.545. The van der Waals surface area contributed by atoms with Crippen molar-refractivity contribution in [2.75, 3.05) is 24.5 Å². The molecule has 3 fully saturated rings. The van der Waals surface area contributed by atoms with Gasteiger partial charge in [0.1, 0.15) is 12.4 Å². The van der Waals surface area contributed by atoms with Crippen LogP contribution < -0.4 is 10.2 Å². The van der Waals surface area contributed by atoms with Crippen LogP contribution >= 0.6 is 0 Å². The Bertz CT molecular complexity index is 940. The summed E-state index contributed by atoms with van der Waals surface area (Å²) in [6.45, 7) is 0.804. The molecule has 0 radical (unpaired) electrons. The standard InChI is InChI=1S/C22H23F3N4O3/c23-22(24,25)14-3-4-16(26-10-14)28-7-5-15(6-8-28)27-17(30)11-29-20(31)18-12-1-2-13(9-12)19(18)21(29)32/h1-4,10,12-13,15,18-19H,5-9,11H2,(H,27,30)/t12-,13-,18-,19+/m0/s1. The highest BCUT2D eigenvalue weighted by atomic mass is 19.4. The van der Waals surface area contributed by atoms with Crippen molar-refractivity contribution in [3.05, 3.63) is 36.0 Å². The predicted octanol–water partition coefficient (Wildman–Crippen LogP) is 1.99. The molecule has 7 nitrogen and oxygen atoms in total. The van der Waals surface area contributed by atoms with E-state index in [1.165, 1.54) is 6.07 Å². The number of carbonyl (C=O) groups is 3. The molecule has 32 heavy (non-hydrogen) atoms. The molecule has 0 unspecified atom stereocenters. The Labute approximate surface area is 182 Å². The molecule has 2 bridgehead atoms. The maximum atomic E-state index is 12.7. The molecule has 0 spiro atoms. The van der Waals surface area contributed by atoms with Crippen molar-refractivity contribution in [3.8, 4) is 0 Å². The third-order valence-corrected chi connectivity index (χ3v) is 7.12. The van der Waals surface area contributed by atoms with Crippen molar-refractivity contribution in [3.63, 3.8) is 0 Å². The van der Waals surface area contributed by atoms with Crippen LogP contribution in [0.2, 0.25) is 0 Å². The molecule has 1 aromatic heterocycles. The molecular formula is C22H23F3N4O3. The van der Waals surface area contributed by atoms with E-state index in [4.69, 9.17) is 0 Å². The lowest BCUT2D eigenvalue weighted by atomic mass is 9.85. The van der Waals surface area contributed by atoms with Crippen LogP contribution in [0.4, 0.5) is 19.0 Å². The summed E-state index contributed by atoms with van der Waals surface area (Å²) in [5, 5.41) is 2.90. The first kappa shape index (κ1) is 21.0. The van der Waals surface area contributed by atoms with Crippen LogP contribution in [0.25, 0.3) is 0 Å². The van der Waals surface area contributed by atoms with Gasteiger partial charge in [0.2, 0.25) is 17.7 Å². The van der Waals surface area contributed by atoms with Crippen LogP contribution in [-0.4, -0.2) is 53.3 Å². The van der Waals surface area contributed by atoms with Crippen molar-refractivity contribution < 1.29 is 27.6 Å². The van der Waals surface area contributed by atoms with Gasteiger partial charge in [0.05, 0.1) is 17.4 Å². The first-order chi connectivity index (χ1) is 15.2. The summed E-state index contributed by atoms with van der Waals surface area (Å²) in [6, 6.07) is 2.24. The van der Waals surface area contributed by atoms with Crippen LogP contribution in [0.5, 0.6) is 0 Å². The van der Waals surface area contributed by atoms with Gasteiger partial charge < -0.3 is 10.2 Å². The predicted molar refractivity (Wildman–Crippen MR) is 107 cm³/mol. The second-order valence-corrected chi connectivity index (χ2v) is 8.99. The van der Waals surface area contributed by atoms with E-state index >= 15 is 0 Å². The number of carbonyl (C=O) groups excluding carboxylic acids is 3. The number of likely N-dealkylation sites (tertiary alicyclic amines) is 1. The normalized spacial score (nSPS) is 29.7. The molecule has 0 aromatic carbocycles. The highest BCUT2D eigenvalue weighted by Gasteiger charge is 2.59. The van der Waals surface area contributed by atoms with E-state index in [1.54, 1.807) is 0 Å². The first-order valence-corrected chi connectivity index (χ1v) is 10.8. The minimum absolute atomic E-state index is 0.109. The minimum Gasteiger partial charge on any atom is -0.356 e. The molecule has 4 atom stereocenters. The third-order valence-electron chi connectivity index (χ3n) is 7.12. The largest absolute Gasteiger partial charge is 0.417 e.